The largest absolute Gasteiger partial charge is 0.292 e. The van der Waals surface area contributed by atoms with Crippen LogP contribution in [0.4, 0.5) is 5.82 Å². The fourth-order valence-corrected chi connectivity index (χ4v) is 2.29. The molecule has 0 spiro atoms. The summed E-state index contributed by atoms with van der Waals surface area (Å²) in [7, 11) is 0. The van der Waals surface area contributed by atoms with Crippen molar-refractivity contribution in [1.82, 2.24) is 15.1 Å². The van der Waals surface area contributed by atoms with E-state index in [-0.39, 0.29) is 18.2 Å². The molecular weight excluding hydrogens is 282 g/mol. The van der Waals surface area contributed by atoms with Crippen LogP contribution in [0.1, 0.15) is 31.7 Å². The van der Waals surface area contributed by atoms with E-state index < -0.39 is 0 Å². The van der Waals surface area contributed by atoms with E-state index in [1.165, 1.54) is 12.8 Å². The molecule has 2 amide bonds. The molecule has 0 atom stereocenters. The lowest BCUT2D eigenvalue weighted by Gasteiger charge is -2.03. The summed E-state index contributed by atoms with van der Waals surface area (Å²) in [6.07, 6.45) is 5.78. The Kier molecular flexibility index (Phi) is 3.70. The molecule has 2 aliphatic rings. The number of hydrogen-bond acceptors (Lipinski definition) is 5. The minimum absolute atomic E-state index is 0.0787. The molecule has 7 heteroatoms. The van der Waals surface area contributed by atoms with Gasteiger partial charge in [-0.15, -0.1) is 0 Å². The average molecular weight is 299 g/mol. The standard InChI is InChI=1S/C15H17N5O2/c1-9(17-7-10-3-4-10)20-14(16-2)12(8-18-20)5-11-6-13(21)19-15(11)22/h5,8,10H,2-4,6-7H2,1H3,(H,19,21,22). The van der Waals surface area contributed by atoms with Crippen molar-refractivity contribution < 1.29 is 9.59 Å². The molecule has 22 heavy (non-hydrogen) atoms. The minimum atomic E-state index is -0.369. The molecule has 1 aromatic rings. The van der Waals surface area contributed by atoms with Gasteiger partial charge in [-0.1, -0.05) is 0 Å². The van der Waals surface area contributed by atoms with Crippen LogP contribution in [0, 0.1) is 5.92 Å². The van der Waals surface area contributed by atoms with Gasteiger partial charge in [0.2, 0.25) is 5.91 Å². The Labute approximate surface area is 127 Å². The van der Waals surface area contributed by atoms with Crippen LogP contribution in [-0.4, -0.2) is 40.7 Å². The second-order valence-corrected chi connectivity index (χ2v) is 5.55. The van der Waals surface area contributed by atoms with Crippen LogP contribution in [0.25, 0.3) is 6.08 Å². The van der Waals surface area contributed by atoms with Gasteiger partial charge in [-0.05, 0) is 38.5 Å². The summed E-state index contributed by atoms with van der Waals surface area (Å²) in [5.74, 6) is 1.30. The number of carbonyl (C=O) groups excluding carboxylic acids is 2. The Morgan fingerprint density at radius 2 is 2.32 bits per heavy atom. The van der Waals surface area contributed by atoms with Crippen molar-refractivity contribution in [1.29, 1.82) is 0 Å². The summed E-state index contributed by atoms with van der Waals surface area (Å²) >= 11 is 0. The molecule has 7 nitrogen and oxygen atoms in total. The first-order valence-corrected chi connectivity index (χ1v) is 7.19. The maximum atomic E-state index is 11.6. The maximum absolute atomic E-state index is 11.6. The smallest absolute Gasteiger partial charge is 0.254 e. The van der Waals surface area contributed by atoms with Crippen molar-refractivity contribution >= 4 is 36.3 Å². The van der Waals surface area contributed by atoms with Gasteiger partial charge in [0.05, 0.1) is 12.6 Å². The van der Waals surface area contributed by atoms with Crippen LogP contribution in [0.2, 0.25) is 0 Å². The molecule has 0 aromatic carbocycles. The van der Waals surface area contributed by atoms with E-state index in [4.69, 9.17) is 0 Å². The number of carbonyl (C=O) groups is 2. The highest BCUT2D eigenvalue weighted by Gasteiger charge is 2.25. The molecule has 1 aromatic heterocycles. The van der Waals surface area contributed by atoms with Crippen molar-refractivity contribution in [3.05, 3.63) is 17.3 Å². The molecule has 2 fully saturated rings. The Hall–Kier alpha value is -2.57. The molecular formula is C15H17N5O2. The number of imide groups is 1. The molecule has 0 unspecified atom stereocenters. The molecule has 1 aliphatic heterocycles. The Morgan fingerprint density at radius 1 is 1.55 bits per heavy atom. The van der Waals surface area contributed by atoms with Crippen LogP contribution in [0.3, 0.4) is 0 Å². The summed E-state index contributed by atoms with van der Waals surface area (Å²) in [5, 5.41) is 6.51. The number of nitrogens with one attached hydrogen (secondary N) is 1. The van der Waals surface area contributed by atoms with Gasteiger partial charge in [-0.3, -0.25) is 19.9 Å². The number of amides is 2. The second kappa shape index (κ2) is 5.67. The fourth-order valence-electron chi connectivity index (χ4n) is 2.29. The number of hydrogen-bond donors (Lipinski definition) is 1. The zero-order chi connectivity index (χ0) is 15.7. The minimum Gasteiger partial charge on any atom is -0.292 e. The summed E-state index contributed by atoms with van der Waals surface area (Å²) in [4.78, 5) is 31.3. The van der Waals surface area contributed by atoms with Crippen molar-refractivity contribution in [2.45, 2.75) is 26.2 Å². The lowest BCUT2D eigenvalue weighted by Crippen LogP contribution is -2.19. The highest BCUT2D eigenvalue weighted by molar-refractivity contribution is 6.15. The Balaban J connectivity index is 1.88. The van der Waals surface area contributed by atoms with E-state index in [9.17, 15) is 9.59 Å². The van der Waals surface area contributed by atoms with E-state index >= 15 is 0 Å². The van der Waals surface area contributed by atoms with Gasteiger partial charge in [0.1, 0.15) is 5.84 Å². The van der Waals surface area contributed by atoms with Crippen LogP contribution in [0.5, 0.6) is 0 Å². The number of nitrogens with zero attached hydrogens (tertiary/aromatic N) is 4. The topological polar surface area (TPSA) is 88.7 Å². The third-order valence-electron chi connectivity index (χ3n) is 3.73. The van der Waals surface area contributed by atoms with Gasteiger partial charge >= 0.3 is 0 Å². The normalized spacial score (nSPS) is 20.6. The third-order valence-corrected chi connectivity index (χ3v) is 3.73. The van der Waals surface area contributed by atoms with Crippen LogP contribution in [-0.2, 0) is 9.59 Å². The molecule has 3 rings (SSSR count). The molecule has 2 heterocycles. The van der Waals surface area contributed by atoms with Crippen molar-refractivity contribution in [2.24, 2.45) is 15.9 Å². The van der Waals surface area contributed by atoms with E-state index in [0.29, 0.717) is 22.9 Å². The van der Waals surface area contributed by atoms with Gasteiger partial charge in [0.25, 0.3) is 5.91 Å². The first-order valence-electron chi connectivity index (χ1n) is 7.19. The van der Waals surface area contributed by atoms with Crippen molar-refractivity contribution in [3.8, 4) is 0 Å². The van der Waals surface area contributed by atoms with E-state index in [2.05, 4.69) is 27.1 Å². The summed E-state index contributed by atoms with van der Waals surface area (Å²) in [5.41, 5.74) is 1.05. The zero-order valence-electron chi connectivity index (χ0n) is 12.4. The Bertz CT molecular complexity index is 710. The van der Waals surface area contributed by atoms with E-state index in [1.54, 1.807) is 17.0 Å². The quantitative estimate of drug-likeness (QED) is 0.393. The predicted molar refractivity (Wildman–Crippen MR) is 83.3 cm³/mol. The third kappa shape index (κ3) is 2.88. The molecule has 1 saturated heterocycles. The van der Waals surface area contributed by atoms with Crippen LogP contribution < -0.4 is 5.32 Å². The van der Waals surface area contributed by atoms with Crippen molar-refractivity contribution in [2.75, 3.05) is 6.54 Å². The second-order valence-electron chi connectivity index (χ2n) is 5.55. The summed E-state index contributed by atoms with van der Waals surface area (Å²) in [6, 6.07) is 0. The lowest BCUT2D eigenvalue weighted by molar-refractivity contribution is -0.124. The first-order chi connectivity index (χ1) is 10.6. The van der Waals surface area contributed by atoms with Crippen LogP contribution >= 0.6 is 0 Å². The fraction of sp³-hybridized carbons (Fsp3) is 0.400. The molecule has 0 bridgehead atoms. The van der Waals surface area contributed by atoms with Gasteiger partial charge in [0.15, 0.2) is 5.82 Å². The summed E-state index contributed by atoms with van der Waals surface area (Å²) < 4.78 is 1.61. The molecule has 1 N–H and O–H groups in total. The van der Waals surface area contributed by atoms with E-state index in [1.807, 2.05) is 6.92 Å². The average Bonchev–Trinajstić information content (AvgIpc) is 3.15. The lowest BCUT2D eigenvalue weighted by atomic mass is 10.1. The number of rotatable bonds is 4. The number of aliphatic imine (C=N–C) groups is 2. The van der Waals surface area contributed by atoms with Gasteiger partial charge in [-0.25, -0.2) is 9.67 Å². The van der Waals surface area contributed by atoms with Gasteiger partial charge in [0, 0.05) is 17.7 Å². The highest BCUT2D eigenvalue weighted by Crippen LogP contribution is 2.29. The Morgan fingerprint density at radius 3 is 2.91 bits per heavy atom. The van der Waals surface area contributed by atoms with Crippen molar-refractivity contribution in [3.63, 3.8) is 0 Å². The molecule has 1 aliphatic carbocycles. The number of aromatic nitrogens is 2. The van der Waals surface area contributed by atoms with Gasteiger partial charge < -0.3 is 0 Å². The molecule has 114 valence electrons. The monoisotopic (exact) mass is 299 g/mol. The highest BCUT2D eigenvalue weighted by atomic mass is 16.2. The SMILES string of the molecule is C=Nc1c(C=C2CC(=O)NC2=O)cnn1C(C)=NCC1CC1. The first kappa shape index (κ1) is 14.4. The van der Waals surface area contributed by atoms with Crippen LogP contribution in [0.15, 0.2) is 21.8 Å². The zero-order valence-corrected chi connectivity index (χ0v) is 12.4. The van der Waals surface area contributed by atoms with E-state index in [0.717, 1.165) is 12.4 Å². The predicted octanol–water partition coefficient (Wildman–Crippen LogP) is 1.32. The maximum Gasteiger partial charge on any atom is 0.254 e. The van der Waals surface area contributed by atoms with Gasteiger partial charge in [-0.2, -0.15) is 5.10 Å². The summed E-state index contributed by atoms with van der Waals surface area (Å²) in [6.45, 7) is 6.23. The molecule has 0 radical (unpaired) electrons. The molecule has 1 saturated carbocycles.